The molecule has 7 nitrogen and oxygen atoms in total. The average Bonchev–Trinajstić information content (AvgIpc) is 3.15. The Morgan fingerprint density at radius 1 is 1.30 bits per heavy atom. The first-order valence-corrected chi connectivity index (χ1v) is 15.5. The van der Waals surface area contributed by atoms with Crippen molar-refractivity contribution in [1.29, 1.82) is 0 Å². The summed E-state index contributed by atoms with van der Waals surface area (Å²) in [5, 5.41) is 16.4. The standard InChI is InChI=1S/C25H30ClF2N4O3SSi/c1-37(2)9-8-34-15-32-12-17(26)21-20(4-7-29-23(21)32)35-22-18(27)10-16(11-19(22)28)31-24(36)30-13-25(14-33)5-3-6-25/h4,7,10-12,33H,3,5-6,8-9,13-15H2,1-2H3,(H2,30,31,36). The molecule has 1 aliphatic carbocycles. The highest BCUT2D eigenvalue weighted by Gasteiger charge is 2.36. The fraction of sp³-hybridized carbons (Fsp3) is 0.440. The average molecular weight is 568 g/mol. The number of aliphatic hydroxyl groups is 1. The molecule has 1 aromatic carbocycles. The van der Waals surface area contributed by atoms with Crippen molar-refractivity contribution in [3.63, 3.8) is 0 Å². The summed E-state index contributed by atoms with van der Waals surface area (Å²) < 4.78 is 43.0. The van der Waals surface area contributed by atoms with Gasteiger partial charge in [-0.3, -0.25) is 0 Å². The molecule has 1 saturated carbocycles. The van der Waals surface area contributed by atoms with E-state index in [0.717, 1.165) is 37.4 Å². The number of rotatable bonds is 11. The Bertz CT molecular complexity index is 1240. The maximum Gasteiger partial charge on any atom is 0.198 e. The van der Waals surface area contributed by atoms with Gasteiger partial charge in [-0.05, 0) is 37.2 Å². The van der Waals surface area contributed by atoms with Crippen LogP contribution in [0.5, 0.6) is 11.5 Å². The van der Waals surface area contributed by atoms with Gasteiger partial charge in [0.1, 0.15) is 18.1 Å². The number of benzene rings is 1. The SMILES string of the molecule is C[Si](C)CCOCn1cc(Cl)c2c(Oc3c(F)cc(NC(=S)NCC4(CO)CCC4)cc3F)ccnc21. The quantitative estimate of drug-likeness (QED) is 0.150. The number of hydrogen-bond donors (Lipinski definition) is 3. The highest BCUT2D eigenvalue weighted by atomic mass is 35.5. The second-order valence-electron chi connectivity index (χ2n) is 9.64. The molecule has 12 heteroatoms. The maximum absolute atomic E-state index is 14.9. The van der Waals surface area contributed by atoms with Crippen molar-refractivity contribution < 1.29 is 23.4 Å². The number of anilines is 1. The minimum atomic E-state index is -0.906. The predicted octanol–water partition coefficient (Wildman–Crippen LogP) is 5.94. The Morgan fingerprint density at radius 2 is 2.03 bits per heavy atom. The molecule has 3 N–H and O–H groups in total. The number of pyridine rings is 1. The summed E-state index contributed by atoms with van der Waals surface area (Å²) in [6.07, 6.45) is 6.04. The fourth-order valence-corrected chi connectivity index (χ4v) is 5.15. The van der Waals surface area contributed by atoms with E-state index < -0.39 is 17.4 Å². The van der Waals surface area contributed by atoms with E-state index in [0.29, 0.717) is 29.2 Å². The van der Waals surface area contributed by atoms with Crippen LogP contribution in [-0.4, -0.2) is 48.3 Å². The van der Waals surface area contributed by atoms with Crippen molar-refractivity contribution in [3.8, 4) is 11.5 Å². The van der Waals surface area contributed by atoms with E-state index in [1.54, 1.807) is 10.8 Å². The summed E-state index contributed by atoms with van der Waals surface area (Å²) in [4.78, 5) is 4.35. The first-order chi connectivity index (χ1) is 17.7. The van der Waals surface area contributed by atoms with Gasteiger partial charge in [-0.25, -0.2) is 13.8 Å². The van der Waals surface area contributed by atoms with Crippen LogP contribution < -0.4 is 15.4 Å². The Kier molecular flexibility index (Phi) is 9.01. The molecule has 199 valence electrons. The van der Waals surface area contributed by atoms with Gasteiger partial charge in [-0.1, -0.05) is 31.1 Å². The lowest BCUT2D eigenvalue weighted by Crippen LogP contribution is -2.45. The molecule has 4 rings (SSSR count). The van der Waals surface area contributed by atoms with E-state index >= 15 is 0 Å². The van der Waals surface area contributed by atoms with Gasteiger partial charge in [0.05, 0.1) is 17.0 Å². The van der Waals surface area contributed by atoms with Crippen molar-refractivity contribution in [2.45, 2.75) is 45.1 Å². The first-order valence-electron chi connectivity index (χ1n) is 12.0. The van der Waals surface area contributed by atoms with Gasteiger partial charge in [-0.2, -0.15) is 0 Å². The molecule has 0 spiro atoms. The Balaban J connectivity index is 1.46. The van der Waals surface area contributed by atoms with Gasteiger partial charge < -0.3 is 29.8 Å². The van der Waals surface area contributed by atoms with Crippen LogP contribution in [0, 0.1) is 17.0 Å². The second kappa shape index (κ2) is 12.0. The topological polar surface area (TPSA) is 80.6 Å². The lowest BCUT2D eigenvalue weighted by Gasteiger charge is -2.40. The minimum Gasteiger partial charge on any atom is -0.450 e. The summed E-state index contributed by atoms with van der Waals surface area (Å²) in [6.45, 7) is 5.88. The van der Waals surface area contributed by atoms with Crippen LogP contribution in [-0.2, 0) is 11.5 Å². The van der Waals surface area contributed by atoms with Crippen LogP contribution in [0.1, 0.15) is 19.3 Å². The maximum atomic E-state index is 14.9. The molecule has 3 aromatic rings. The summed E-state index contributed by atoms with van der Waals surface area (Å²) in [5.41, 5.74) is 0.442. The second-order valence-corrected chi connectivity index (χ2v) is 13.4. The van der Waals surface area contributed by atoms with Crippen LogP contribution in [0.4, 0.5) is 14.5 Å². The van der Waals surface area contributed by atoms with Crippen molar-refractivity contribution >= 4 is 54.4 Å². The van der Waals surface area contributed by atoms with Crippen LogP contribution in [0.2, 0.25) is 24.2 Å². The summed E-state index contributed by atoms with van der Waals surface area (Å²) >= 11 is 11.7. The third-order valence-corrected chi connectivity index (χ3v) is 8.23. The van der Waals surface area contributed by atoms with Gasteiger partial charge in [0.2, 0.25) is 0 Å². The first kappa shape index (κ1) is 27.7. The predicted molar refractivity (Wildman–Crippen MR) is 147 cm³/mol. The van der Waals surface area contributed by atoms with Crippen molar-refractivity contribution in [1.82, 2.24) is 14.9 Å². The van der Waals surface area contributed by atoms with E-state index in [4.69, 9.17) is 33.3 Å². The molecule has 1 fully saturated rings. The smallest absolute Gasteiger partial charge is 0.198 e. The molecule has 0 unspecified atom stereocenters. The molecule has 0 aliphatic heterocycles. The largest absolute Gasteiger partial charge is 0.450 e. The normalized spacial score (nSPS) is 14.6. The van der Waals surface area contributed by atoms with Crippen molar-refractivity contribution in [2.24, 2.45) is 5.41 Å². The van der Waals surface area contributed by atoms with E-state index in [2.05, 4.69) is 28.7 Å². The van der Waals surface area contributed by atoms with Gasteiger partial charge in [-0.15, -0.1) is 0 Å². The van der Waals surface area contributed by atoms with Gasteiger partial charge >= 0.3 is 0 Å². The highest BCUT2D eigenvalue weighted by Crippen LogP contribution is 2.40. The molecular formula is C25H30ClF2N4O3SSi. The van der Waals surface area contributed by atoms with E-state index in [9.17, 15) is 13.9 Å². The molecule has 0 atom stereocenters. The summed E-state index contributed by atoms with van der Waals surface area (Å²) in [6, 6.07) is 4.73. The molecule has 2 aromatic heterocycles. The Labute approximate surface area is 226 Å². The van der Waals surface area contributed by atoms with Gasteiger partial charge in [0.25, 0.3) is 0 Å². The molecule has 0 amide bonds. The Morgan fingerprint density at radius 3 is 2.65 bits per heavy atom. The minimum absolute atomic E-state index is 0.0692. The third kappa shape index (κ3) is 6.58. The zero-order valence-corrected chi connectivity index (χ0v) is 23.3. The number of halogens is 3. The van der Waals surface area contributed by atoms with Gasteiger partial charge in [0, 0.05) is 57.6 Å². The number of aromatic nitrogens is 2. The molecule has 0 saturated heterocycles. The zero-order valence-electron chi connectivity index (χ0n) is 20.7. The number of thiocarbonyl (C=S) groups is 1. The number of nitrogens with zero attached hydrogens (tertiary/aromatic N) is 2. The van der Waals surface area contributed by atoms with Crippen LogP contribution in [0.25, 0.3) is 11.0 Å². The number of ether oxygens (including phenoxy) is 2. The lowest BCUT2D eigenvalue weighted by atomic mass is 9.69. The number of fused-ring (bicyclic) bond motifs is 1. The van der Waals surface area contributed by atoms with Crippen LogP contribution in [0.3, 0.4) is 0 Å². The molecule has 0 bridgehead atoms. The number of nitrogens with one attached hydrogen (secondary N) is 2. The van der Waals surface area contributed by atoms with Crippen LogP contribution in [0.15, 0.2) is 30.6 Å². The van der Waals surface area contributed by atoms with Crippen molar-refractivity contribution in [3.05, 3.63) is 47.2 Å². The summed E-state index contributed by atoms with van der Waals surface area (Å²) in [7, 11) is -0.384. The molecule has 2 heterocycles. The third-order valence-electron chi connectivity index (χ3n) is 6.49. The number of aliphatic hydroxyl groups excluding tert-OH is 1. The molecular weight excluding hydrogens is 538 g/mol. The van der Waals surface area contributed by atoms with E-state index in [1.165, 1.54) is 12.3 Å². The van der Waals surface area contributed by atoms with Gasteiger partial charge in [0.15, 0.2) is 22.5 Å². The Hall–Kier alpha value is -2.31. The van der Waals surface area contributed by atoms with E-state index in [1.807, 2.05) is 0 Å². The molecule has 1 radical (unpaired) electrons. The monoisotopic (exact) mass is 567 g/mol. The van der Waals surface area contributed by atoms with Crippen LogP contribution >= 0.6 is 23.8 Å². The number of hydrogen-bond acceptors (Lipinski definition) is 5. The molecule has 1 aliphatic rings. The van der Waals surface area contributed by atoms with Crippen molar-refractivity contribution in [2.75, 3.05) is 25.1 Å². The highest BCUT2D eigenvalue weighted by molar-refractivity contribution is 7.80. The molecule has 37 heavy (non-hydrogen) atoms. The van der Waals surface area contributed by atoms with E-state index in [-0.39, 0.29) is 44.1 Å². The lowest BCUT2D eigenvalue weighted by molar-refractivity contribution is 0.0493. The fourth-order valence-electron chi connectivity index (χ4n) is 4.11. The zero-order chi connectivity index (χ0) is 26.6. The summed E-state index contributed by atoms with van der Waals surface area (Å²) in [5.74, 6) is -2.20.